The van der Waals surface area contributed by atoms with Gasteiger partial charge in [-0.05, 0) is 95.7 Å². The van der Waals surface area contributed by atoms with Gasteiger partial charge < -0.3 is 70.9 Å². The third kappa shape index (κ3) is 9.33. The van der Waals surface area contributed by atoms with Crippen molar-refractivity contribution in [2.75, 3.05) is 26.2 Å². The fourth-order valence-corrected chi connectivity index (χ4v) is 8.92. The number of aliphatic hydroxyl groups excluding tert-OH is 3. The van der Waals surface area contributed by atoms with E-state index in [9.17, 15) is 50.3 Å². The number of oxime groups is 3. The van der Waals surface area contributed by atoms with Crippen LogP contribution in [0.2, 0.25) is 0 Å². The molecule has 2 aromatic carbocycles. The summed E-state index contributed by atoms with van der Waals surface area (Å²) in [5.41, 5.74) is -2.89. The summed E-state index contributed by atoms with van der Waals surface area (Å²) in [6.07, 6.45) is -5.62. The van der Waals surface area contributed by atoms with Crippen LogP contribution < -0.4 is 30.2 Å². The lowest BCUT2D eigenvalue weighted by molar-refractivity contribution is -0.141. The Morgan fingerprint density at radius 3 is 2.20 bits per heavy atom. The van der Waals surface area contributed by atoms with E-state index in [0.29, 0.717) is 14.5 Å². The molecule has 5 aliphatic rings. The highest BCUT2D eigenvalue weighted by Gasteiger charge is 2.60. The highest BCUT2D eigenvalue weighted by Crippen LogP contribution is 2.52. The summed E-state index contributed by atoms with van der Waals surface area (Å²) in [6.45, 7) is -1.15. The van der Waals surface area contributed by atoms with Gasteiger partial charge in [0.05, 0.1) is 27.8 Å². The minimum absolute atomic E-state index is 0.0152. The molecule has 0 fully saturated rings. The summed E-state index contributed by atoms with van der Waals surface area (Å²) < 4.78 is 19.4. The number of halogens is 4. The van der Waals surface area contributed by atoms with Crippen LogP contribution in [-0.4, -0.2) is 138 Å². The van der Waals surface area contributed by atoms with Crippen molar-refractivity contribution in [2.24, 2.45) is 15.5 Å². The molecule has 7 atom stereocenters. The first-order valence-electron chi connectivity index (χ1n) is 17.6. The van der Waals surface area contributed by atoms with Gasteiger partial charge in [0.25, 0.3) is 23.5 Å². The molecule has 10 N–H and O–H groups in total. The van der Waals surface area contributed by atoms with E-state index in [1.165, 1.54) is 12.1 Å². The van der Waals surface area contributed by atoms with Gasteiger partial charge in [-0.15, -0.1) is 0 Å². The van der Waals surface area contributed by atoms with Crippen LogP contribution in [0.1, 0.15) is 24.0 Å². The number of carbonyl (C=O) groups is 3. The first-order valence-corrected chi connectivity index (χ1v) is 20.9. The van der Waals surface area contributed by atoms with Gasteiger partial charge in [0.15, 0.2) is 29.1 Å². The van der Waals surface area contributed by atoms with Crippen molar-refractivity contribution in [3.8, 4) is 23.0 Å². The van der Waals surface area contributed by atoms with E-state index in [1.807, 2.05) is 0 Å². The Labute approximate surface area is 367 Å². The average molecular weight is 1080 g/mol. The second-order valence-electron chi connectivity index (χ2n) is 13.8. The fraction of sp³-hybridized carbons (Fsp3) is 0.429. The number of benzene rings is 2. The van der Waals surface area contributed by atoms with E-state index < -0.39 is 89.3 Å². The molecule has 1 spiro atoms. The number of rotatable bonds is 0. The zero-order valence-corrected chi connectivity index (χ0v) is 36.6. The Hall–Kier alpha value is -4.04. The van der Waals surface area contributed by atoms with Crippen molar-refractivity contribution in [3.63, 3.8) is 0 Å². The molecule has 0 radical (unpaired) electrons. The summed E-state index contributed by atoms with van der Waals surface area (Å²) in [6, 6.07) is 4.43. The van der Waals surface area contributed by atoms with Gasteiger partial charge in [0.2, 0.25) is 0 Å². The van der Waals surface area contributed by atoms with E-state index in [-0.39, 0.29) is 71.2 Å². The number of phenols is 1. The lowest BCUT2D eigenvalue weighted by Crippen LogP contribution is -2.62. The van der Waals surface area contributed by atoms with Crippen molar-refractivity contribution in [2.45, 2.75) is 66.3 Å². The maximum absolute atomic E-state index is 13.8. The predicted molar refractivity (Wildman–Crippen MR) is 218 cm³/mol. The first kappa shape index (κ1) is 44.5. The maximum Gasteiger partial charge on any atom is 0.287 e. The number of hydrogen-bond acceptors (Lipinski definition) is 17. The van der Waals surface area contributed by atoms with Crippen molar-refractivity contribution in [3.05, 3.63) is 54.9 Å². The van der Waals surface area contributed by atoms with E-state index >= 15 is 0 Å². The second kappa shape index (κ2) is 18.3. The molecule has 2 aromatic rings. The predicted octanol–water partition coefficient (Wildman–Crippen LogP) is 1.02. The molecule has 24 heteroatoms. The van der Waals surface area contributed by atoms with Crippen LogP contribution in [0.25, 0.3) is 0 Å². The lowest BCUT2D eigenvalue weighted by Gasteiger charge is -2.43. The van der Waals surface area contributed by atoms with Crippen LogP contribution in [0.15, 0.2) is 59.2 Å². The zero-order chi connectivity index (χ0) is 42.8. The third-order valence-electron chi connectivity index (χ3n) is 9.63. The number of aliphatic hydroxyl groups is 4. The molecular weight excluding hydrogens is 1050 g/mol. The van der Waals surface area contributed by atoms with Crippen LogP contribution in [-0.2, 0) is 32.1 Å². The summed E-state index contributed by atoms with van der Waals surface area (Å²) in [5, 5.41) is 92.4. The van der Waals surface area contributed by atoms with Gasteiger partial charge in [0, 0.05) is 43.4 Å². The van der Waals surface area contributed by atoms with E-state index in [2.05, 4.69) is 95.1 Å². The van der Waals surface area contributed by atoms with E-state index in [0.717, 1.165) is 6.08 Å². The van der Waals surface area contributed by atoms with Crippen molar-refractivity contribution >= 4 is 98.6 Å². The second-order valence-corrected chi connectivity index (χ2v) is 17.2. The van der Waals surface area contributed by atoms with Gasteiger partial charge in [-0.1, -0.05) is 31.4 Å². The number of aromatic hydroxyl groups is 1. The van der Waals surface area contributed by atoms with Crippen LogP contribution in [0.4, 0.5) is 0 Å². The molecule has 0 unspecified atom stereocenters. The maximum atomic E-state index is 13.8. The molecule has 4 heterocycles. The molecule has 3 amide bonds. The number of ether oxygens (including phenoxy) is 3. The summed E-state index contributed by atoms with van der Waals surface area (Å²) >= 11 is 13.8. The van der Waals surface area contributed by atoms with Crippen molar-refractivity contribution < 1.29 is 69.4 Å². The quantitative estimate of drug-likeness (QED) is 0.0763. The Bertz CT molecular complexity index is 2140. The van der Waals surface area contributed by atoms with Crippen molar-refractivity contribution in [1.82, 2.24) is 16.0 Å². The number of fused-ring (bicyclic) bond motifs is 9. The largest absolute Gasteiger partial charge is 0.504 e. The Morgan fingerprint density at radius 1 is 0.831 bits per heavy atom. The van der Waals surface area contributed by atoms with Gasteiger partial charge in [0.1, 0.15) is 33.7 Å². The van der Waals surface area contributed by atoms with Crippen molar-refractivity contribution in [1.29, 1.82) is 0 Å². The van der Waals surface area contributed by atoms with Crippen LogP contribution in [0, 0.1) is 0 Å². The minimum atomic E-state index is -2.30. The first-order chi connectivity index (χ1) is 28.0. The molecule has 318 valence electrons. The number of β-amino-alcohol motifs (C(OH)–C–C–N with tert-alkyl or cyclic N) is 2. The molecule has 7 rings (SSSR count). The molecule has 0 aromatic heterocycles. The smallest absolute Gasteiger partial charge is 0.287 e. The highest BCUT2D eigenvalue weighted by atomic mass is 79.9. The lowest BCUT2D eigenvalue weighted by atomic mass is 9.81. The topological polar surface area (TPSA) is 303 Å². The number of phenolic OH excluding ortho intramolecular Hbond substituents is 1. The summed E-state index contributed by atoms with van der Waals surface area (Å²) in [7, 11) is 0. The molecule has 1 aliphatic carbocycles. The molecule has 59 heavy (non-hydrogen) atoms. The molecular formula is C35H36Br4N6O14. The number of amides is 3. The SMILES string of the molecule is O=C1NCCCOc2c(O)cc(c(Br)c2Br)C/C2=N\O[C@@H]3[C@H](Br)[C@@]4(C=C[C@@]3(O)C/C(=N\O)C(=O)NC[C@@H](O)[C@@H](O)[C@H](O)CNC2=O)Oc2cc(cc(Br)c2O4)C/C1=N\O. The minimum Gasteiger partial charge on any atom is -0.504 e. The normalized spacial score (nSPS) is 31.7. The van der Waals surface area contributed by atoms with E-state index in [1.54, 1.807) is 12.1 Å². The number of hydrogen-bond donors (Lipinski definition) is 10. The Kier molecular flexibility index (Phi) is 13.8. The monoisotopic (exact) mass is 1080 g/mol. The van der Waals surface area contributed by atoms with Crippen LogP contribution in [0.3, 0.4) is 0 Å². The number of nitrogens with zero attached hydrogens (tertiary/aromatic N) is 3. The number of carbonyl (C=O) groups excluding carboxylic acids is 3. The molecule has 4 aliphatic heterocycles. The Morgan fingerprint density at radius 2 is 1.51 bits per heavy atom. The molecule has 20 nitrogen and oxygen atoms in total. The zero-order valence-electron chi connectivity index (χ0n) is 30.3. The molecule has 0 saturated heterocycles. The van der Waals surface area contributed by atoms with Crippen LogP contribution in [0.5, 0.6) is 23.0 Å². The summed E-state index contributed by atoms with van der Waals surface area (Å²) in [4.78, 5) is 44.7. The molecule has 7 bridgehead atoms. The number of nitrogens with one attached hydrogen (secondary N) is 3. The van der Waals surface area contributed by atoms with Crippen LogP contribution >= 0.6 is 63.7 Å². The Balaban J connectivity index is 1.49. The highest BCUT2D eigenvalue weighted by molar-refractivity contribution is 9.13. The van der Waals surface area contributed by atoms with Gasteiger partial charge in [-0.3, -0.25) is 14.4 Å². The fourth-order valence-electron chi connectivity index (χ4n) is 6.45. The van der Waals surface area contributed by atoms with Gasteiger partial charge in [-0.25, -0.2) is 0 Å². The third-order valence-corrected chi connectivity index (χ3v) is 13.5. The van der Waals surface area contributed by atoms with Gasteiger partial charge >= 0.3 is 0 Å². The molecule has 0 saturated carbocycles. The number of alkyl halides is 1. The average Bonchev–Trinajstić information content (AvgIpc) is 3.60. The van der Waals surface area contributed by atoms with Gasteiger partial charge in [-0.2, -0.15) is 0 Å². The van der Waals surface area contributed by atoms with E-state index in [4.69, 9.17) is 19.0 Å². The standard InChI is InChI=1S/C35H36Br4N6O14/c36-16-6-14-7-17(43-54)31(50)40-4-1-5-56-28-20(46)10-15(24(37)25(28)38)9-18-32(51)41-12-21(47)26(49)22(48)13-42-33(52)19(44-55)11-34(53)2-3-35(29(39)30(34)59-45-18)57-23(8-14)27(16)58-35/h2-3,6,8,10,21-22,26,29-30,46-49,53-55H,1,4-5,7,9,11-13H2,(H,40,50)(H,41,51)(H,42,52)/b43-17+,44-19+,45-18+/t21-,22-,26+,29+,30-,34-,35+/m1/s1. The summed E-state index contributed by atoms with van der Waals surface area (Å²) in [5.74, 6) is -4.53.